The zero-order chi connectivity index (χ0) is 21.1. The van der Waals surface area contributed by atoms with Crippen molar-refractivity contribution in [3.63, 3.8) is 0 Å². The number of carbonyl (C=O) groups is 3. The number of nitrogens with one attached hydrogen (secondary N) is 1. The molecule has 0 aliphatic carbocycles. The van der Waals surface area contributed by atoms with Gasteiger partial charge in [0.05, 0.1) is 28.2 Å². The van der Waals surface area contributed by atoms with Crippen LogP contribution in [0.15, 0.2) is 82.3 Å². The second-order valence-corrected chi connectivity index (χ2v) is 7.60. The maximum atomic E-state index is 13.3. The Morgan fingerprint density at radius 2 is 1.70 bits per heavy atom. The van der Waals surface area contributed by atoms with E-state index >= 15 is 0 Å². The van der Waals surface area contributed by atoms with Gasteiger partial charge in [-0.2, -0.15) is 0 Å². The Morgan fingerprint density at radius 1 is 0.967 bits per heavy atom. The quantitative estimate of drug-likeness (QED) is 0.598. The molecule has 150 valence electrons. The predicted molar refractivity (Wildman–Crippen MR) is 117 cm³/mol. The van der Waals surface area contributed by atoms with Crippen molar-refractivity contribution < 1.29 is 18.8 Å². The SMILES string of the molecule is CC(=O)Nc1ccc(N2C(=O)C(SCc3ccco3)=C(c3ccccc3)C2=O)cc1. The minimum absolute atomic E-state index is 0.194. The van der Waals surface area contributed by atoms with E-state index in [4.69, 9.17) is 4.42 Å². The molecular formula is C23H18N2O4S. The number of benzene rings is 2. The van der Waals surface area contributed by atoms with Crippen molar-refractivity contribution in [2.75, 3.05) is 10.2 Å². The van der Waals surface area contributed by atoms with Crippen molar-refractivity contribution in [3.8, 4) is 0 Å². The van der Waals surface area contributed by atoms with Gasteiger partial charge in [0, 0.05) is 12.6 Å². The number of amides is 3. The van der Waals surface area contributed by atoms with Crippen LogP contribution in [-0.4, -0.2) is 17.7 Å². The molecule has 1 N–H and O–H groups in total. The zero-order valence-electron chi connectivity index (χ0n) is 16.1. The standard InChI is InChI=1S/C23H18N2O4S/c1-15(26)24-17-9-11-18(12-10-17)25-22(27)20(16-6-3-2-4-7-16)21(23(25)28)30-14-19-8-5-13-29-19/h2-13H,14H2,1H3,(H,24,26). The third-order valence-electron chi connectivity index (χ3n) is 4.49. The molecule has 1 aliphatic heterocycles. The first kappa shape index (κ1) is 19.7. The number of hydrogen-bond donors (Lipinski definition) is 1. The minimum Gasteiger partial charge on any atom is -0.468 e. The highest BCUT2D eigenvalue weighted by Gasteiger charge is 2.40. The van der Waals surface area contributed by atoms with Crippen molar-refractivity contribution in [3.05, 3.63) is 89.2 Å². The molecule has 0 saturated carbocycles. The van der Waals surface area contributed by atoms with E-state index in [-0.39, 0.29) is 17.7 Å². The van der Waals surface area contributed by atoms with Crippen LogP contribution in [0.3, 0.4) is 0 Å². The molecule has 0 unspecified atom stereocenters. The van der Waals surface area contributed by atoms with E-state index in [1.54, 1.807) is 36.6 Å². The van der Waals surface area contributed by atoms with Crippen LogP contribution in [-0.2, 0) is 20.1 Å². The number of nitrogens with zero attached hydrogens (tertiary/aromatic N) is 1. The first-order valence-electron chi connectivity index (χ1n) is 9.26. The van der Waals surface area contributed by atoms with Gasteiger partial charge in [0.25, 0.3) is 11.8 Å². The monoisotopic (exact) mass is 418 g/mol. The van der Waals surface area contributed by atoms with Crippen molar-refractivity contribution in [2.45, 2.75) is 12.7 Å². The topological polar surface area (TPSA) is 79.6 Å². The van der Waals surface area contributed by atoms with Crippen molar-refractivity contribution >= 4 is 46.4 Å². The number of thioether (sulfide) groups is 1. The molecule has 0 radical (unpaired) electrons. The van der Waals surface area contributed by atoms with Crippen LogP contribution < -0.4 is 10.2 Å². The lowest BCUT2D eigenvalue weighted by Crippen LogP contribution is -2.31. The third kappa shape index (κ3) is 3.92. The van der Waals surface area contributed by atoms with Crippen LogP contribution in [0.5, 0.6) is 0 Å². The van der Waals surface area contributed by atoms with Gasteiger partial charge < -0.3 is 9.73 Å². The molecule has 2 heterocycles. The summed E-state index contributed by atoms with van der Waals surface area (Å²) in [6, 6.07) is 19.4. The lowest BCUT2D eigenvalue weighted by atomic mass is 10.1. The summed E-state index contributed by atoms with van der Waals surface area (Å²) in [6.45, 7) is 1.42. The smallest absolute Gasteiger partial charge is 0.272 e. The van der Waals surface area contributed by atoms with E-state index < -0.39 is 0 Å². The molecule has 0 spiro atoms. The van der Waals surface area contributed by atoms with Crippen molar-refractivity contribution in [1.29, 1.82) is 0 Å². The molecule has 1 aromatic heterocycles. The average Bonchev–Trinajstić information content (AvgIpc) is 3.34. The van der Waals surface area contributed by atoms with Crippen LogP contribution in [0.25, 0.3) is 5.57 Å². The Labute approximate surface area is 177 Å². The lowest BCUT2D eigenvalue weighted by molar-refractivity contribution is -0.120. The number of furan rings is 1. The highest BCUT2D eigenvalue weighted by molar-refractivity contribution is 8.03. The molecule has 3 amide bonds. The van der Waals surface area contributed by atoms with Crippen molar-refractivity contribution in [2.24, 2.45) is 0 Å². The molecule has 0 fully saturated rings. The highest BCUT2D eigenvalue weighted by atomic mass is 32.2. The molecule has 7 heteroatoms. The number of carbonyl (C=O) groups excluding carboxylic acids is 3. The Bertz CT molecular complexity index is 1120. The first-order valence-corrected chi connectivity index (χ1v) is 10.2. The Morgan fingerprint density at radius 3 is 2.33 bits per heavy atom. The van der Waals surface area contributed by atoms with Gasteiger partial charge in [-0.05, 0) is 42.0 Å². The van der Waals surface area contributed by atoms with Crippen LogP contribution >= 0.6 is 11.8 Å². The van der Waals surface area contributed by atoms with Gasteiger partial charge in [-0.15, -0.1) is 11.8 Å². The van der Waals surface area contributed by atoms with Gasteiger partial charge in [-0.1, -0.05) is 30.3 Å². The zero-order valence-corrected chi connectivity index (χ0v) is 16.9. The molecule has 1 aliphatic rings. The molecule has 30 heavy (non-hydrogen) atoms. The molecule has 0 bridgehead atoms. The van der Waals surface area contributed by atoms with E-state index in [0.29, 0.717) is 33.2 Å². The molecule has 6 nitrogen and oxygen atoms in total. The predicted octanol–water partition coefficient (Wildman–Crippen LogP) is 4.46. The normalized spacial score (nSPS) is 13.8. The number of rotatable bonds is 6. The van der Waals surface area contributed by atoms with Gasteiger partial charge in [-0.25, -0.2) is 4.90 Å². The van der Waals surface area contributed by atoms with E-state index in [1.165, 1.54) is 23.6 Å². The number of anilines is 2. The van der Waals surface area contributed by atoms with Gasteiger partial charge in [-0.3, -0.25) is 14.4 Å². The summed E-state index contributed by atoms with van der Waals surface area (Å²) in [5.41, 5.74) is 2.10. The van der Waals surface area contributed by atoms with Crippen molar-refractivity contribution in [1.82, 2.24) is 0 Å². The third-order valence-corrected chi connectivity index (χ3v) is 5.58. The molecule has 2 aromatic carbocycles. The summed E-state index contributed by atoms with van der Waals surface area (Å²) >= 11 is 1.28. The molecule has 0 atom stereocenters. The van der Waals surface area contributed by atoms with Crippen LogP contribution in [0.1, 0.15) is 18.2 Å². The Kier molecular flexibility index (Phi) is 5.54. The van der Waals surface area contributed by atoms with Gasteiger partial charge in [0.1, 0.15) is 5.76 Å². The summed E-state index contributed by atoms with van der Waals surface area (Å²) in [4.78, 5) is 39.3. The summed E-state index contributed by atoms with van der Waals surface area (Å²) < 4.78 is 5.36. The van der Waals surface area contributed by atoms with E-state index in [1.807, 2.05) is 36.4 Å². The summed E-state index contributed by atoms with van der Waals surface area (Å²) in [6.07, 6.45) is 1.58. The fourth-order valence-corrected chi connectivity index (χ4v) is 4.19. The van der Waals surface area contributed by atoms with Gasteiger partial charge >= 0.3 is 0 Å². The number of imide groups is 1. The molecule has 3 aromatic rings. The maximum absolute atomic E-state index is 13.3. The molecule has 4 rings (SSSR count). The van der Waals surface area contributed by atoms with Crippen LogP contribution in [0.4, 0.5) is 11.4 Å². The number of hydrogen-bond acceptors (Lipinski definition) is 5. The average molecular weight is 418 g/mol. The van der Waals surface area contributed by atoms with E-state index in [2.05, 4.69) is 5.32 Å². The summed E-state index contributed by atoms with van der Waals surface area (Å²) in [7, 11) is 0. The fraction of sp³-hybridized carbons (Fsp3) is 0.0870. The Balaban J connectivity index is 1.67. The second-order valence-electron chi connectivity index (χ2n) is 6.61. The molecular weight excluding hydrogens is 400 g/mol. The van der Waals surface area contributed by atoms with Crippen LogP contribution in [0.2, 0.25) is 0 Å². The largest absolute Gasteiger partial charge is 0.468 e. The summed E-state index contributed by atoms with van der Waals surface area (Å²) in [5, 5.41) is 2.67. The maximum Gasteiger partial charge on any atom is 0.272 e. The minimum atomic E-state index is -0.375. The highest BCUT2D eigenvalue weighted by Crippen LogP contribution is 2.39. The Hall–Kier alpha value is -3.58. The summed E-state index contributed by atoms with van der Waals surface area (Å²) in [5.74, 6) is 0.217. The first-order chi connectivity index (χ1) is 14.5. The lowest BCUT2D eigenvalue weighted by Gasteiger charge is -2.16. The van der Waals surface area contributed by atoms with E-state index in [9.17, 15) is 14.4 Å². The van der Waals surface area contributed by atoms with E-state index in [0.717, 1.165) is 5.76 Å². The molecule has 0 saturated heterocycles. The van der Waals surface area contributed by atoms with Gasteiger partial charge in [0.15, 0.2) is 0 Å². The van der Waals surface area contributed by atoms with Gasteiger partial charge in [0.2, 0.25) is 5.91 Å². The second kappa shape index (κ2) is 8.42. The van der Waals surface area contributed by atoms with Crippen LogP contribution in [0, 0.1) is 0 Å². The fourth-order valence-electron chi connectivity index (χ4n) is 3.17.